The molecule has 2 rings (SSSR count). The lowest BCUT2D eigenvalue weighted by Gasteiger charge is -2.20. The number of phenolic OH excluding ortho intramolecular Hbond substituents is 1. The van der Waals surface area contributed by atoms with Crippen LogP contribution in [0.15, 0.2) is 46.9 Å². The van der Waals surface area contributed by atoms with Gasteiger partial charge in [-0.15, -0.1) is 0 Å². The van der Waals surface area contributed by atoms with Gasteiger partial charge in [0.15, 0.2) is 0 Å². The zero-order chi connectivity index (χ0) is 13.1. The van der Waals surface area contributed by atoms with E-state index in [0.29, 0.717) is 12.3 Å². The molecular weight excluding hydrogens is 290 g/mol. The summed E-state index contributed by atoms with van der Waals surface area (Å²) in [6.45, 7) is 2.75. The molecule has 0 spiro atoms. The maximum absolute atomic E-state index is 9.96. The molecular formula is C15H16BrNO. The maximum Gasteiger partial charge on any atom is 0.134 e. The minimum Gasteiger partial charge on any atom is -0.506 e. The van der Waals surface area contributed by atoms with E-state index in [2.05, 4.69) is 52.0 Å². The maximum atomic E-state index is 9.96. The van der Waals surface area contributed by atoms with E-state index in [-0.39, 0.29) is 0 Å². The molecule has 0 aliphatic heterocycles. The van der Waals surface area contributed by atoms with Crippen LogP contribution in [-0.4, -0.2) is 12.2 Å². The molecule has 0 heterocycles. The lowest BCUT2D eigenvalue weighted by molar-refractivity contribution is 0.464. The molecule has 94 valence electrons. The van der Waals surface area contributed by atoms with Crippen molar-refractivity contribution in [3.63, 3.8) is 0 Å². The Morgan fingerprint density at radius 1 is 1.11 bits per heavy atom. The summed E-state index contributed by atoms with van der Waals surface area (Å²) in [7, 11) is 2.02. The lowest BCUT2D eigenvalue weighted by atomic mass is 10.1. The summed E-state index contributed by atoms with van der Waals surface area (Å²) in [5.41, 5.74) is 3.30. The normalized spacial score (nSPS) is 10.4. The van der Waals surface area contributed by atoms with E-state index in [1.165, 1.54) is 5.56 Å². The van der Waals surface area contributed by atoms with Crippen LogP contribution in [-0.2, 0) is 6.54 Å². The second-order valence-electron chi connectivity index (χ2n) is 4.44. The number of aromatic hydroxyl groups is 1. The molecule has 2 aromatic carbocycles. The van der Waals surface area contributed by atoms with E-state index < -0.39 is 0 Å². The third-order valence-corrected chi connectivity index (χ3v) is 3.59. The average Bonchev–Trinajstić information content (AvgIpc) is 2.36. The molecule has 0 saturated heterocycles. The highest BCUT2D eigenvalue weighted by Gasteiger charge is 2.08. The molecule has 0 aromatic heterocycles. The van der Waals surface area contributed by atoms with Crippen molar-refractivity contribution in [2.45, 2.75) is 13.5 Å². The highest BCUT2D eigenvalue weighted by atomic mass is 79.9. The molecule has 2 aromatic rings. The summed E-state index contributed by atoms with van der Waals surface area (Å²) >= 11 is 3.33. The molecule has 0 unspecified atom stereocenters. The van der Waals surface area contributed by atoms with E-state index in [9.17, 15) is 5.11 Å². The fourth-order valence-electron chi connectivity index (χ4n) is 1.83. The van der Waals surface area contributed by atoms with Gasteiger partial charge < -0.3 is 10.0 Å². The highest BCUT2D eigenvalue weighted by Crippen LogP contribution is 2.29. The standard InChI is InChI=1S/C15H16BrNO/c1-11-6-8-13(9-7-11)17(2)10-12-4-3-5-14(16)15(12)18/h3-9,18H,10H2,1-2H3. The van der Waals surface area contributed by atoms with Crippen LogP contribution in [0.2, 0.25) is 0 Å². The summed E-state index contributed by atoms with van der Waals surface area (Å²) in [6, 6.07) is 14.1. The van der Waals surface area contributed by atoms with Gasteiger partial charge >= 0.3 is 0 Å². The van der Waals surface area contributed by atoms with Gasteiger partial charge in [0.2, 0.25) is 0 Å². The van der Waals surface area contributed by atoms with Crippen molar-refractivity contribution >= 4 is 21.6 Å². The van der Waals surface area contributed by atoms with Crippen LogP contribution in [0.25, 0.3) is 0 Å². The molecule has 0 fully saturated rings. The zero-order valence-electron chi connectivity index (χ0n) is 10.5. The van der Waals surface area contributed by atoms with Crippen LogP contribution in [0.4, 0.5) is 5.69 Å². The van der Waals surface area contributed by atoms with Crippen LogP contribution < -0.4 is 4.90 Å². The van der Waals surface area contributed by atoms with E-state index in [1.807, 2.05) is 25.2 Å². The number of hydrogen-bond donors (Lipinski definition) is 1. The van der Waals surface area contributed by atoms with Crippen LogP contribution >= 0.6 is 15.9 Å². The van der Waals surface area contributed by atoms with Gasteiger partial charge in [-0.2, -0.15) is 0 Å². The molecule has 1 N–H and O–H groups in total. The van der Waals surface area contributed by atoms with Gasteiger partial charge in [0.1, 0.15) is 5.75 Å². The second-order valence-corrected chi connectivity index (χ2v) is 5.29. The van der Waals surface area contributed by atoms with Gasteiger partial charge in [-0.05, 0) is 41.1 Å². The van der Waals surface area contributed by atoms with Gasteiger partial charge in [0.25, 0.3) is 0 Å². The topological polar surface area (TPSA) is 23.5 Å². The van der Waals surface area contributed by atoms with Crippen molar-refractivity contribution in [1.82, 2.24) is 0 Å². The van der Waals surface area contributed by atoms with Gasteiger partial charge in [-0.3, -0.25) is 0 Å². The molecule has 0 aliphatic carbocycles. The quantitative estimate of drug-likeness (QED) is 0.923. The van der Waals surface area contributed by atoms with Crippen molar-refractivity contribution in [3.8, 4) is 5.75 Å². The number of nitrogens with zero attached hydrogens (tertiary/aromatic N) is 1. The Labute approximate surface area is 116 Å². The van der Waals surface area contributed by atoms with Gasteiger partial charge in [-0.1, -0.05) is 29.8 Å². The molecule has 18 heavy (non-hydrogen) atoms. The predicted octanol–water partition coefficient (Wildman–Crippen LogP) is 4.10. The smallest absolute Gasteiger partial charge is 0.134 e. The van der Waals surface area contributed by atoms with Crippen molar-refractivity contribution in [3.05, 3.63) is 58.1 Å². The third kappa shape index (κ3) is 2.85. The number of para-hydroxylation sites is 1. The number of anilines is 1. The van der Waals surface area contributed by atoms with Crippen molar-refractivity contribution in [1.29, 1.82) is 0 Å². The minimum atomic E-state index is 0.316. The Morgan fingerprint density at radius 3 is 2.44 bits per heavy atom. The van der Waals surface area contributed by atoms with E-state index >= 15 is 0 Å². The number of phenols is 1. The highest BCUT2D eigenvalue weighted by molar-refractivity contribution is 9.10. The van der Waals surface area contributed by atoms with E-state index in [1.54, 1.807) is 0 Å². The van der Waals surface area contributed by atoms with Crippen LogP contribution in [0, 0.1) is 6.92 Å². The van der Waals surface area contributed by atoms with Gasteiger partial charge in [-0.25, -0.2) is 0 Å². The third-order valence-electron chi connectivity index (χ3n) is 2.95. The molecule has 0 aliphatic rings. The summed E-state index contributed by atoms with van der Waals surface area (Å²) in [5, 5.41) is 9.96. The van der Waals surface area contributed by atoms with E-state index in [0.717, 1.165) is 15.7 Å². The van der Waals surface area contributed by atoms with Gasteiger partial charge in [0, 0.05) is 24.8 Å². The monoisotopic (exact) mass is 305 g/mol. The van der Waals surface area contributed by atoms with Crippen molar-refractivity contribution in [2.75, 3.05) is 11.9 Å². The molecule has 2 nitrogen and oxygen atoms in total. The number of hydrogen-bond acceptors (Lipinski definition) is 2. The van der Waals surface area contributed by atoms with Crippen molar-refractivity contribution in [2.24, 2.45) is 0 Å². The Balaban J connectivity index is 2.18. The predicted molar refractivity (Wildman–Crippen MR) is 79.1 cm³/mol. The average molecular weight is 306 g/mol. The first-order chi connectivity index (χ1) is 8.58. The number of aryl methyl sites for hydroxylation is 1. The molecule has 0 radical (unpaired) electrons. The first kappa shape index (κ1) is 13.0. The first-order valence-electron chi connectivity index (χ1n) is 5.82. The first-order valence-corrected chi connectivity index (χ1v) is 6.61. The van der Waals surface area contributed by atoms with Crippen LogP contribution in [0.1, 0.15) is 11.1 Å². The fourth-order valence-corrected chi connectivity index (χ4v) is 2.24. The summed E-state index contributed by atoms with van der Waals surface area (Å²) < 4.78 is 0.734. The molecule has 0 atom stereocenters. The fraction of sp³-hybridized carbons (Fsp3) is 0.200. The summed E-state index contributed by atoms with van der Waals surface area (Å²) in [5.74, 6) is 0.316. The Kier molecular flexibility index (Phi) is 3.92. The number of halogens is 1. The van der Waals surface area contributed by atoms with Crippen LogP contribution in [0.3, 0.4) is 0 Å². The summed E-state index contributed by atoms with van der Waals surface area (Å²) in [4.78, 5) is 2.11. The zero-order valence-corrected chi connectivity index (χ0v) is 12.1. The largest absolute Gasteiger partial charge is 0.506 e. The Hall–Kier alpha value is -1.48. The molecule has 0 amide bonds. The lowest BCUT2D eigenvalue weighted by Crippen LogP contribution is -2.16. The SMILES string of the molecule is Cc1ccc(N(C)Cc2cccc(Br)c2O)cc1. The summed E-state index contributed by atoms with van der Waals surface area (Å²) in [6.07, 6.45) is 0. The molecule has 3 heteroatoms. The van der Waals surface area contributed by atoms with Crippen molar-refractivity contribution < 1.29 is 5.11 Å². The minimum absolute atomic E-state index is 0.316. The number of benzene rings is 2. The number of rotatable bonds is 3. The molecule has 0 saturated carbocycles. The van der Waals surface area contributed by atoms with Gasteiger partial charge in [0.05, 0.1) is 4.47 Å². The Morgan fingerprint density at radius 2 is 1.78 bits per heavy atom. The second kappa shape index (κ2) is 5.44. The van der Waals surface area contributed by atoms with E-state index in [4.69, 9.17) is 0 Å². The molecule has 0 bridgehead atoms. The Bertz CT molecular complexity index is 537. The van der Waals surface area contributed by atoms with Crippen LogP contribution in [0.5, 0.6) is 5.75 Å².